The number of hydrogen-bond acceptors (Lipinski definition) is 6. The number of nitrogens with zero attached hydrogens (tertiary/aromatic N) is 1. The van der Waals surface area contributed by atoms with Crippen molar-refractivity contribution in [1.82, 2.24) is 10.2 Å². The number of rotatable bonds is 7. The highest BCUT2D eigenvalue weighted by atomic mass is 35.5. The first kappa shape index (κ1) is 20.6. The average molecular weight is 439 g/mol. The summed E-state index contributed by atoms with van der Waals surface area (Å²) in [5, 5.41) is 4.92. The van der Waals surface area contributed by atoms with Crippen LogP contribution in [-0.2, 0) is 9.84 Å². The fourth-order valence-corrected chi connectivity index (χ4v) is 4.83. The van der Waals surface area contributed by atoms with E-state index in [2.05, 4.69) is 5.32 Å². The van der Waals surface area contributed by atoms with Crippen LogP contribution in [0.15, 0.2) is 68.3 Å². The number of furan rings is 1. The molecule has 0 bridgehead atoms. The molecular weight excluding hydrogens is 420 g/mol. The van der Waals surface area contributed by atoms with Gasteiger partial charge in [0.2, 0.25) is 14.9 Å². The van der Waals surface area contributed by atoms with Crippen molar-refractivity contribution in [2.75, 3.05) is 20.6 Å². The molecule has 0 aliphatic heterocycles. The topological polar surface area (TPSA) is 79.6 Å². The number of nitrogens with one attached hydrogen (secondary N) is 1. The Morgan fingerprint density at radius 2 is 1.89 bits per heavy atom. The van der Waals surface area contributed by atoms with Gasteiger partial charge in [-0.15, -0.1) is 11.3 Å². The van der Waals surface area contributed by atoms with Gasteiger partial charge in [0.25, 0.3) is 5.91 Å². The number of likely N-dealkylation sites (N-methyl/N-ethyl adjacent to an activating group) is 1. The predicted molar refractivity (Wildman–Crippen MR) is 109 cm³/mol. The lowest BCUT2D eigenvalue weighted by atomic mass is 10.2. The Morgan fingerprint density at radius 1 is 1.18 bits per heavy atom. The molecule has 2 aromatic heterocycles. The Morgan fingerprint density at radius 3 is 2.50 bits per heavy atom. The van der Waals surface area contributed by atoms with E-state index in [9.17, 15) is 13.2 Å². The number of carbonyl (C=O) groups is 1. The van der Waals surface area contributed by atoms with E-state index >= 15 is 0 Å². The van der Waals surface area contributed by atoms with E-state index in [0.717, 1.165) is 4.88 Å². The fourth-order valence-electron chi connectivity index (χ4n) is 2.61. The van der Waals surface area contributed by atoms with Gasteiger partial charge in [0.1, 0.15) is 0 Å². The Kier molecular flexibility index (Phi) is 6.24. The highest BCUT2D eigenvalue weighted by Crippen LogP contribution is 2.25. The van der Waals surface area contributed by atoms with Gasteiger partial charge in [0.15, 0.2) is 5.76 Å². The normalized spacial score (nSPS) is 12.9. The highest BCUT2D eigenvalue weighted by Gasteiger charge is 2.24. The molecule has 1 atom stereocenters. The largest absolute Gasteiger partial charge is 0.439 e. The van der Waals surface area contributed by atoms with Crippen molar-refractivity contribution in [3.63, 3.8) is 0 Å². The van der Waals surface area contributed by atoms with E-state index in [1.165, 1.54) is 36.4 Å². The zero-order valence-electron chi connectivity index (χ0n) is 15.3. The minimum atomic E-state index is -3.86. The quantitative estimate of drug-likeness (QED) is 0.605. The third kappa shape index (κ3) is 4.47. The van der Waals surface area contributed by atoms with E-state index in [0.29, 0.717) is 11.6 Å². The summed E-state index contributed by atoms with van der Waals surface area (Å²) in [5.74, 6) is -0.530. The molecule has 0 saturated carbocycles. The number of halogens is 1. The van der Waals surface area contributed by atoms with Crippen LogP contribution in [0.3, 0.4) is 0 Å². The summed E-state index contributed by atoms with van der Waals surface area (Å²) in [5.41, 5.74) is 0. The van der Waals surface area contributed by atoms with Gasteiger partial charge in [0, 0.05) is 16.4 Å². The molecule has 0 aliphatic rings. The van der Waals surface area contributed by atoms with Crippen LogP contribution in [0.4, 0.5) is 0 Å². The molecule has 1 unspecified atom stereocenters. The second-order valence-electron chi connectivity index (χ2n) is 6.28. The monoisotopic (exact) mass is 438 g/mol. The van der Waals surface area contributed by atoms with Crippen LogP contribution in [0.2, 0.25) is 5.02 Å². The number of sulfone groups is 1. The molecule has 148 valence electrons. The molecule has 3 rings (SSSR count). The van der Waals surface area contributed by atoms with Gasteiger partial charge >= 0.3 is 0 Å². The van der Waals surface area contributed by atoms with Crippen LogP contribution in [0.5, 0.6) is 0 Å². The van der Waals surface area contributed by atoms with Crippen molar-refractivity contribution in [1.29, 1.82) is 0 Å². The first-order chi connectivity index (χ1) is 13.3. The van der Waals surface area contributed by atoms with Crippen molar-refractivity contribution in [3.05, 3.63) is 69.6 Å². The molecule has 6 nitrogen and oxygen atoms in total. The first-order valence-corrected chi connectivity index (χ1v) is 11.1. The third-order valence-electron chi connectivity index (χ3n) is 4.14. The van der Waals surface area contributed by atoms with Gasteiger partial charge in [-0.2, -0.15) is 0 Å². The SMILES string of the molecule is CN(C)C(CNC(=O)c1ccc(S(=O)(=O)c2ccc(Cl)cc2)o1)c1cccs1. The third-order valence-corrected chi connectivity index (χ3v) is 7.01. The second kappa shape index (κ2) is 8.48. The standard InChI is InChI=1S/C19H19ClN2O4S2/c1-22(2)15(17-4-3-11-27-17)12-21-19(23)16-9-10-18(26-16)28(24,25)14-7-5-13(20)6-8-14/h3-11,15H,12H2,1-2H3,(H,21,23). The smallest absolute Gasteiger partial charge is 0.287 e. The molecule has 9 heteroatoms. The van der Waals surface area contributed by atoms with E-state index in [4.69, 9.17) is 16.0 Å². The lowest BCUT2D eigenvalue weighted by Gasteiger charge is -2.23. The van der Waals surface area contributed by atoms with Gasteiger partial charge in [-0.1, -0.05) is 17.7 Å². The molecular formula is C19H19ClN2O4S2. The van der Waals surface area contributed by atoms with Crippen LogP contribution in [0.25, 0.3) is 0 Å². The summed E-state index contributed by atoms with van der Waals surface area (Å²) in [7, 11) is 0.00110. The summed E-state index contributed by atoms with van der Waals surface area (Å²) < 4.78 is 30.6. The molecule has 0 fully saturated rings. The molecule has 28 heavy (non-hydrogen) atoms. The average Bonchev–Trinajstić information content (AvgIpc) is 3.34. The Bertz CT molecular complexity index is 1040. The lowest BCUT2D eigenvalue weighted by Crippen LogP contribution is -2.34. The van der Waals surface area contributed by atoms with E-state index in [-0.39, 0.29) is 21.8 Å². The summed E-state index contributed by atoms with van der Waals surface area (Å²) in [4.78, 5) is 15.6. The van der Waals surface area contributed by atoms with Gasteiger partial charge in [0.05, 0.1) is 10.9 Å². The maximum Gasteiger partial charge on any atom is 0.287 e. The van der Waals surface area contributed by atoms with Gasteiger partial charge in [-0.05, 0) is 61.9 Å². The maximum atomic E-state index is 12.6. The van der Waals surface area contributed by atoms with Crippen molar-refractivity contribution < 1.29 is 17.6 Å². The highest BCUT2D eigenvalue weighted by molar-refractivity contribution is 7.91. The van der Waals surface area contributed by atoms with Gasteiger partial charge < -0.3 is 14.6 Å². The van der Waals surface area contributed by atoms with Gasteiger partial charge in [-0.3, -0.25) is 4.79 Å². The minimum absolute atomic E-state index is 0.0104. The number of hydrogen-bond donors (Lipinski definition) is 1. The lowest BCUT2D eigenvalue weighted by molar-refractivity contribution is 0.0909. The molecule has 0 aliphatic carbocycles. The Balaban J connectivity index is 1.72. The molecule has 2 heterocycles. The number of carbonyl (C=O) groups excluding carboxylic acids is 1. The second-order valence-corrected chi connectivity index (χ2v) is 9.58. The van der Waals surface area contributed by atoms with Crippen LogP contribution < -0.4 is 5.32 Å². The van der Waals surface area contributed by atoms with Crippen molar-refractivity contribution in [2.24, 2.45) is 0 Å². The molecule has 0 saturated heterocycles. The van der Waals surface area contributed by atoms with Crippen molar-refractivity contribution in [2.45, 2.75) is 16.0 Å². The fraction of sp³-hybridized carbons (Fsp3) is 0.211. The number of benzene rings is 1. The van der Waals surface area contributed by atoms with E-state index < -0.39 is 15.7 Å². The molecule has 0 radical (unpaired) electrons. The minimum Gasteiger partial charge on any atom is -0.439 e. The zero-order valence-corrected chi connectivity index (χ0v) is 17.6. The summed E-state index contributed by atoms with van der Waals surface area (Å²) >= 11 is 7.41. The van der Waals surface area contributed by atoms with Gasteiger partial charge in [-0.25, -0.2) is 8.42 Å². The molecule has 1 N–H and O–H groups in total. The Hall–Kier alpha value is -2.13. The molecule has 0 spiro atoms. The van der Waals surface area contributed by atoms with Crippen molar-refractivity contribution >= 4 is 38.7 Å². The van der Waals surface area contributed by atoms with Crippen molar-refractivity contribution in [3.8, 4) is 0 Å². The number of amides is 1. The molecule has 1 amide bonds. The van der Waals surface area contributed by atoms with Crippen LogP contribution >= 0.6 is 22.9 Å². The summed E-state index contributed by atoms with van der Waals surface area (Å²) in [6.07, 6.45) is 0. The molecule has 1 aromatic carbocycles. The van der Waals surface area contributed by atoms with Crippen LogP contribution in [0, 0.1) is 0 Å². The van der Waals surface area contributed by atoms with E-state index in [1.54, 1.807) is 11.3 Å². The Labute approximate surface area is 172 Å². The first-order valence-electron chi connectivity index (χ1n) is 8.37. The number of thiophene rings is 1. The predicted octanol–water partition coefficient (Wildman–Crippen LogP) is 3.86. The maximum absolute atomic E-state index is 12.6. The molecule has 3 aromatic rings. The van der Waals surface area contributed by atoms with Crippen LogP contribution in [-0.4, -0.2) is 39.9 Å². The zero-order chi connectivity index (χ0) is 20.3. The van der Waals surface area contributed by atoms with Crippen LogP contribution in [0.1, 0.15) is 21.5 Å². The summed E-state index contributed by atoms with van der Waals surface area (Å²) in [6.45, 7) is 0.367. The van der Waals surface area contributed by atoms with E-state index in [1.807, 2.05) is 36.5 Å². The summed E-state index contributed by atoms with van der Waals surface area (Å²) in [6, 6.07) is 12.4.